The van der Waals surface area contributed by atoms with Crippen LogP contribution in [0.15, 0.2) is 48.8 Å². The lowest BCUT2D eigenvalue weighted by molar-refractivity contribution is 0.0945. The van der Waals surface area contributed by atoms with Crippen LogP contribution in [0.2, 0.25) is 0 Å². The van der Waals surface area contributed by atoms with Gasteiger partial charge in [0.25, 0.3) is 5.91 Å². The predicted molar refractivity (Wildman–Crippen MR) is 122 cm³/mol. The van der Waals surface area contributed by atoms with Crippen molar-refractivity contribution in [3.8, 4) is 5.75 Å². The van der Waals surface area contributed by atoms with Gasteiger partial charge in [-0.25, -0.2) is 4.98 Å². The Morgan fingerprint density at radius 1 is 1.26 bits per heavy atom. The summed E-state index contributed by atoms with van der Waals surface area (Å²) in [5.74, 6) is 1.27. The Balaban J connectivity index is 1.31. The summed E-state index contributed by atoms with van der Waals surface area (Å²) in [5, 5.41) is 3.05. The van der Waals surface area contributed by atoms with E-state index >= 15 is 0 Å². The van der Waals surface area contributed by atoms with Crippen molar-refractivity contribution in [3.05, 3.63) is 65.6 Å². The second-order valence-corrected chi connectivity index (χ2v) is 8.60. The first-order chi connectivity index (χ1) is 15.1. The number of imidazole rings is 1. The van der Waals surface area contributed by atoms with Gasteiger partial charge in [0.1, 0.15) is 18.0 Å². The molecule has 0 radical (unpaired) electrons. The van der Waals surface area contributed by atoms with Crippen LogP contribution in [0.1, 0.15) is 47.8 Å². The highest BCUT2D eigenvalue weighted by atomic mass is 16.5. The van der Waals surface area contributed by atoms with Gasteiger partial charge in [-0.05, 0) is 69.0 Å². The molecule has 6 nitrogen and oxygen atoms in total. The maximum Gasteiger partial charge on any atom is 0.255 e. The topological polar surface area (TPSA) is 58.9 Å². The molecule has 0 aliphatic carbocycles. The van der Waals surface area contributed by atoms with Gasteiger partial charge < -0.3 is 19.4 Å². The number of piperidine rings is 1. The van der Waals surface area contributed by atoms with Crippen LogP contribution in [0.5, 0.6) is 5.75 Å². The highest BCUT2D eigenvalue weighted by Gasteiger charge is 2.16. The zero-order chi connectivity index (χ0) is 21.6. The number of amides is 1. The molecule has 3 heterocycles. The Hall–Kier alpha value is -2.86. The third kappa shape index (κ3) is 5.44. The number of rotatable bonds is 8. The van der Waals surface area contributed by atoms with Crippen molar-refractivity contribution in [2.45, 2.75) is 39.7 Å². The summed E-state index contributed by atoms with van der Waals surface area (Å²) in [6, 6.07) is 11.4. The number of carbonyl (C=O) groups is 1. The molecule has 164 valence electrons. The number of nitrogens with zero attached hydrogens (tertiary/aromatic N) is 3. The molecule has 1 atom stereocenters. The van der Waals surface area contributed by atoms with E-state index < -0.39 is 0 Å². The lowest BCUT2D eigenvalue weighted by Crippen LogP contribution is -2.36. The standard InChI is InChI=1S/C25H32N4O2/c1-19-8-5-13-28(16-19)14-7-12-26-25(30)22-10-3-4-11-23(22)31-18-21-17-29-15-6-9-20(2)24(29)27-21/h3-4,6,9-11,15,17,19H,5,7-8,12-14,16,18H2,1-2H3,(H,26,30). The largest absolute Gasteiger partial charge is 0.486 e. The normalized spacial score (nSPS) is 17.0. The molecule has 1 unspecified atom stereocenters. The number of carbonyl (C=O) groups excluding carboxylic acids is 1. The number of aromatic nitrogens is 2. The number of aryl methyl sites for hydroxylation is 1. The van der Waals surface area contributed by atoms with Crippen LogP contribution in [0.3, 0.4) is 0 Å². The Labute approximate surface area is 184 Å². The second kappa shape index (κ2) is 9.96. The summed E-state index contributed by atoms with van der Waals surface area (Å²) in [5.41, 5.74) is 3.44. The van der Waals surface area contributed by atoms with E-state index in [1.165, 1.54) is 25.9 Å². The molecule has 1 aromatic carbocycles. The van der Waals surface area contributed by atoms with Gasteiger partial charge in [0.2, 0.25) is 0 Å². The molecular weight excluding hydrogens is 388 g/mol. The molecule has 1 aliphatic rings. The van der Waals surface area contributed by atoms with E-state index in [1.807, 2.05) is 60.1 Å². The number of pyridine rings is 1. The van der Waals surface area contributed by atoms with Crippen molar-refractivity contribution < 1.29 is 9.53 Å². The van der Waals surface area contributed by atoms with Gasteiger partial charge in [-0.3, -0.25) is 4.79 Å². The van der Waals surface area contributed by atoms with Crippen LogP contribution in [-0.2, 0) is 6.61 Å². The van der Waals surface area contributed by atoms with E-state index in [0.717, 1.165) is 35.8 Å². The van der Waals surface area contributed by atoms with Gasteiger partial charge in [-0.15, -0.1) is 0 Å². The predicted octanol–water partition coefficient (Wildman–Crippen LogP) is 4.07. The fourth-order valence-electron chi connectivity index (χ4n) is 4.30. The van der Waals surface area contributed by atoms with Crippen molar-refractivity contribution in [3.63, 3.8) is 0 Å². The maximum absolute atomic E-state index is 12.7. The third-order valence-corrected chi connectivity index (χ3v) is 5.91. The quantitative estimate of drug-likeness (QED) is 0.558. The number of fused-ring (bicyclic) bond motifs is 1. The summed E-state index contributed by atoms with van der Waals surface area (Å²) >= 11 is 0. The van der Waals surface area contributed by atoms with Gasteiger partial charge in [0, 0.05) is 25.5 Å². The SMILES string of the molecule is Cc1cccn2cc(COc3ccccc3C(=O)NCCCN3CCCC(C)C3)nc12. The molecule has 0 bridgehead atoms. The summed E-state index contributed by atoms with van der Waals surface area (Å²) in [7, 11) is 0. The van der Waals surface area contributed by atoms with Crippen molar-refractivity contribution >= 4 is 11.6 Å². The monoisotopic (exact) mass is 420 g/mol. The van der Waals surface area contributed by atoms with Crippen molar-refractivity contribution in [2.24, 2.45) is 5.92 Å². The molecule has 31 heavy (non-hydrogen) atoms. The van der Waals surface area contributed by atoms with Crippen LogP contribution in [0.25, 0.3) is 5.65 Å². The maximum atomic E-state index is 12.7. The van der Waals surface area contributed by atoms with Gasteiger partial charge in [0.15, 0.2) is 0 Å². The first kappa shape index (κ1) is 21.4. The number of nitrogens with one attached hydrogen (secondary N) is 1. The molecule has 1 fully saturated rings. The number of likely N-dealkylation sites (tertiary alicyclic amines) is 1. The zero-order valence-corrected chi connectivity index (χ0v) is 18.5. The van der Waals surface area contributed by atoms with E-state index in [2.05, 4.69) is 22.1 Å². The molecular formula is C25H32N4O2. The molecule has 1 amide bonds. The molecule has 0 spiro atoms. The van der Waals surface area contributed by atoms with Gasteiger partial charge >= 0.3 is 0 Å². The fourth-order valence-corrected chi connectivity index (χ4v) is 4.30. The Bertz CT molecular complexity index is 1030. The van der Waals surface area contributed by atoms with Gasteiger partial charge in [0.05, 0.1) is 11.3 Å². The number of para-hydroxylation sites is 1. The van der Waals surface area contributed by atoms with Crippen molar-refractivity contribution in [1.82, 2.24) is 19.6 Å². The first-order valence-corrected chi connectivity index (χ1v) is 11.3. The second-order valence-electron chi connectivity index (χ2n) is 8.60. The average Bonchev–Trinajstić information content (AvgIpc) is 3.20. The van der Waals surface area contributed by atoms with Gasteiger partial charge in [-0.2, -0.15) is 0 Å². The first-order valence-electron chi connectivity index (χ1n) is 11.3. The van der Waals surface area contributed by atoms with Crippen molar-refractivity contribution in [2.75, 3.05) is 26.2 Å². The number of benzene rings is 1. The lowest BCUT2D eigenvalue weighted by atomic mass is 10.0. The third-order valence-electron chi connectivity index (χ3n) is 5.91. The molecule has 2 aromatic heterocycles. The van der Waals surface area contributed by atoms with E-state index in [0.29, 0.717) is 24.5 Å². The minimum atomic E-state index is -0.0894. The molecule has 4 rings (SSSR count). The molecule has 6 heteroatoms. The van der Waals surface area contributed by atoms with E-state index in [9.17, 15) is 4.79 Å². The minimum Gasteiger partial charge on any atom is -0.486 e. The number of ether oxygens (including phenoxy) is 1. The smallest absolute Gasteiger partial charge is 0.255 e. The average molecular weight is 421 g/mol. The molecule has 1 N–H and O–H groups in total. The summed E-state index contributed by atoms with van der Waals surface area (Å²) in [6.07, 6.45) is 7.52. The van der Waals surface area contributed by atoms with Crippen molar-refractivity contribution in [1.29, 1.82) is 0 Å². The highest BCUT2D eigenvalue weighted by Crippen LogP contribution is 2.20. The Morgan fingerprint density at radius 3 is 2.97 bits per heavy atom. The minimum absolute atomic E-state index is 0.0894. The fraction of sp³-hybridized carbons (Fsp3) is 0.440. The number of hydrogen-bond acceptors (Lipinski definition) is 4. The van der Waals surface area contributed by atoms with Crippen LogP contribution < -0.4 is 10.1 Å². The molecule has 1 saturated heterocycles. The molecule has 1 aliphatic heterocycles. The summed E-state index contributed by atoms with van der Waals surface area (Å²) in [4.78, 5) is 19.9. The number of hydrogen-bond donors (Lipinski definition) is 1. The molecule has 3 aromatic rings. The van der Waals surface area contributed by atoms with Crippen LogP contribution in [-0.4, -0.2) is 46.4 Å². The zero-order valence-electron chi connectivity index (χ0n) is 18.5. The summed E-state index contributed by atoms with van der Waals surface area (Å²) < 4.78 is 7.98. The Kier molecular flexibility index (Phi) is 6.87. The van der Waals surface area contributed by atoms with E-state index in [1.54, 1.807) is 0 Å². The van der Waals surface area contributed by atoms with Crippen LogP contribution >= 0.6 is 0 Å². The highest BCUT2D eigenvalue weighted by molar-refractivity contribution is 5.96. The lowest BCUT2D eigenvalue weighted by Gasteiger charge is -2.30. The Morgan fingerprint density at radius 2 is 2.13 bits per heavy atom. The van der Waals surface area contributed by atoms with E-state index in [4.69, 9.17) is 4.74 Å². The molecule has 0 saturated carbocycles. The van der Waals surface area contributed by atoms with Gasteiger partial charge in [-0.1, -0.05) is 25.1 Å². The van der Waals surface area contributed by atoms with Crippen LogP contribution in [0.4, 0.5) is 0 Å². The van der Waals surface area contributed by atoms with E-state index in [-0.39, 0.29) is 5.91 Å². The van der Waals surface area contributed by atoms with Crippen LogP contribution in [0, 0.1) is 12.8 Å². The summed E-state index contributed by atoms with van der Waals surface area (Å²) in [6.45, 7) is 8.74.